The molecule has 1 heterocycles. The summed E-state index contributed by atoms with van der Waals surface area (Å²) in [4.78, 5) is 36.5. The maximum Gasteiger partial charge on any atom is 0.331 e. The number of nitrogens with one attached hydrogen (secondary N) is 1. The molecule has 0 aromatic heterocycles. The number of carbonyl (C=O) groups excluding carboxylic acids is 3. The summed E-state index contributed by atoms with van der Waals surface area (Å²) >= 11 is 6.10. The summed E-state index contributed by atoms with van der Waals surface area (Å²) in [6.45, 7) is 2.04. The minimum atomic E-state index is -1.08. The quantitative estimate of drug-likeness (QED) is 0.596. The Morgan fingerprint density at radius 1 is 1.31 bits per heavy atom. The van der Waals surface area contributed by atoms with Gasteiger partial charge >= 0.3 is 12.0 Å². The first kappa shape index (κ1) is 19.6. The summed E-state index contributed by atoms with van der Waals surface area (Å²) in [5.74, 6) is -0.499. The number of nitrogens with zero attached hydrogens (tertiary/aromatic N) is 1. The molecule has 1 aliphatic rings. The Morgan fingerprint density at radius 3 is 2.62 bits per heavy atom. The van der Waals surface area contributed by atoms with Gasteiger partial charge in [0.1, 0.15) is 0 Å². The van der Waals surface area contributed by atoms with Crippen molar-refractivity contribution in [2.75, 3.05) is 27.3 Å². The number of methoxy groups -OCH3 is 2. The fourth-order valence-electron chi connectivity index (χ4n) is 2.36. The minimum absolute atomic E-state index is 0.250. The molecule has 1 aromatic carbocycles. The highest BCUT2D eigenvalue weighted by Crippen LogP contribution is 2.36. The van der Waals surface area contributed by atoms with Crippen molar-refractivity contribution >= 4 is 35.6 Å². The molecule has 0 spiro atoms. The van der Waals surface area contributed by atoms with Crippen LogP contribution in [0.4, 0.5) is 4.79 Å². The van der Waals surface area contributed by atoms with E-state index in [1.807, 2.05) is 0 Å². The number of rotatable bonds is 6. The predicted octanol–water partition coefficient (Wildman–Crippen LogP) is 1.85. The lowest BCUT2D eigenvalue weighted by atomic mass is 10.2. The van der Waals surface area contributed by atoms with E-state index >= 15 is 0 Å². The zero-order valence-electron chi connectivity index (χ0n) is 14.6. The Hall–Kier alpha value is -2.74. The number of esters is 1. The summed E-state index contributed by atoms with van der Waals surface area (Å²) in [6, 6.07) is 2.74. The van der Waals surface area contributed by atoms with E-state index in [9.17, 15) is 14.4 Å². The Balaban J connectivity index is 2.02. The molecule has 9 heteroatoms. The maximum absolute atomic E-state index is 12.1. The van der Waals surface area contributed by atoms with Crippen LogP contribution >= 0.6 is 11.6 Å². The van der Waals surface area contributed by atoms with Gasteiger partial charge in [0.05, 0.1) is 19.2 Å². The van der Waals surface area contributed by atoms with Crippen molar-refractivity contribution in [3.8, 4) is 11.5 Å². The van der Waals surface area contributed by atoms with Crippen LogP contribution in [0.1, 0.15) is 12.5 Å². The number of benzene rings is 1. The molecule has 3 amide bonds. The van der Waals surface area contributed by atoms with Crippen LogP contribution in [0.15, 0.2) is 18.2 Å². The van der Waals surface area contributed by atoms with Crippen molar-refractivity contribution in [2.45, 2.75) is 13.0 Å². The number of urea groups is 1. The molecular weight excluding hydrogens is 364 g/mol. The van der Waals surface area contributed by atoms with Crippen molar-refractivity contribution in [3.05, 3.63) is 28.8 Å². The molecular formula is C17H19ClN2O6. The van der Waals surface area contributed by atoms with Crippen LogP contribution < -0.4 is 14.8 Å². The summed E-state index contributed by atoms with van der Waals surface area (Å²) in [5, 5.41) is 2.83. The van der Waals surface area contributed by atoms with Gasteiger partial charge in [-0.2, -0.15) is 0 Å². The standard InChI is InChI=1S/C17H19ClN2O6/c1-10(16(22)20-7-6-19-17(20)23)26-14(21)5-4-11-8-12(18)15(25-3)13(9-11)24-2/h4-5,8-10H,6-7H2,1-3H3,(H,19,23)/b5-4+/t10-/m1/s1. The van der Waals surface area contributed by atoms with Crippen molar-refractivity contribution in [3.63, 3.8) is 0 Å². The highest BCUT2D eigenvalue weighted by molar-refractivity contribution is 6.32. The van der Waals surface area contributed by atoms with Gasteiger partial charge in [-0.1, -0.05) is 11.6 Å². The van der Waals surface area contributed by atoms with Crippen LogP contribution in [0.2, 0.25) is 5.02 Å². The average Bonchev–Trinajstić information content (AvgIpc) is 3.04. The molecule has 0 bridgehead atoms. The third-order valence-corrected chi connectivity index (χ3v) is 3.91. The third kappa shape index (κ3) is 4.45. The molecule has 1 fully saturated rings. The number of carbonyl (C=O) groups is 3. The van der Waals surface area contributed by atoms with Crippen molar-refractivity contribution in [2.24, 2.45) is 0 Å². The molecule has 1 N–H and O–H groups in total. The Bertz CT molecular complexity index is 749. The molecule has 8 nitrogen and oxygen atoms in total. The zero-order chi connectivity index (χ0) is 19.3. The molecule has 1 saturated heterocycles. The maximum atomic E-state index is 12.1. The summed E-state index contributed by atoms with van der Waals surface area (Å²) in [6.07, 6.45) is 1.55. The van der Waals surface area contributed by atoms with Gasteiger partial charge < -0.3 is 19.5 Å². The largest absolute Gasteiger partial charge is 0.493 e. The van der Waals surface area contributed by atoms with Crippen LogP contribution in [0.25, 0.3) is 6.08 Å². The highest BCUT2D eigenvalue weighted by Gasteiger charge is 2.31. The SMILES string of the molecule is COc1cc(/C=C/C(=O)O[C@H](C)C(=O)N2CCNC2=O)cc(Cl)c1OC. The van der Waals surface area contributed by atoms with E-state index in [2.05, 4.69) is 5.32 Å². The van der Waals surface area contributed by atoms with Gasteiger partial charge in [-0.3, -0.25) is 9.69 Å². The summed E-state index contributed by atoms with van der Waals surface area (Å²) in [5.41, 5.74) is 0.586. The molecule has 1 atom stereocenters. The number of ether oxygens (including phenoxy) is 3. The number of hydrogen-bond donors (Lipinski definition) is 1. The van der Waals surface area contributed by atoms with Gasteiger partial charge in [0, 0.05) is 19.2 Å². The number of hydrogen-bond acceptors (Lipinski definition) is 6. The molecule has 0 aliphatic carbocycles. The third-order valence-electron chi connectivity index (χ3n) is 3.63. The van der Waals surface area contributed by atoms with Gasteiger partial charge in [0.2, 0.25) is 0 Å². The average molecular weight is 383 g/mol. The van der Waals surface area contributed by atoms with Crippen molar-refractivity contribution in [1.82, 2.24) is 10.2 Å². The topological polar surface area (TPSA) is 94.2 Å². The fourth-order valence-corrected chi connectivity index (χ4v) is 2.66. The van der Waals surface area contributed by atoms with Gasteiger partial charge in [-0.25, -0.2) is 9.59 Å². The second kappa shape index (κ2) is 8.57. The second-order valence-corrected chi connectivity index (χ2v) is 5.78. The van der Waals surface area contributed by atoms with Gasteiger partial charge in [0.15, 0.2) is 17.6 Å². The van der Waals surface area contributed by atoms with E-state index in [1.165, 1.54) is 27.2 Å². The molecule has 1 aliphatic heterocycles. The lowest BCUT2D eigenvalue weighted by Crippen LogP contribution is -2.41. The Kier molecular flexibility index (Phi) is 6.46. The first-order valence-electron chi connectivity index (χ1n) is 7.76. The number of amides is 3. The van der Waals surface area contributed by atoms with E-state index < -0.39 is 24.0 Å². The van der Waals surface area contributed by atoms with Crippen molar-refractivity contribution in [1.29, 1.82) is 0 Å². The molecule has 0 unspecified atom stereocenters. The highest BCUT2D eigenvalue weighted by atomic mass is 35.5. The van der Waals surface area contributed by atoms with Gasteiger partial charge in [-0.15, -0.1) is 0 Å². The summed E-state index contributed by atoms with van der Waals surface area (Å²) < 4.78 is 15.4. The fraction of sp³-hybridized carbons (Fsp3) is 0.353. The van der Waals surface area contributed by atoms with Crippen LogP contribution in [0, 0.1) is 0 Å². The molecule has 0 saturated carbocycles. The first-order valence-corrected chi connectivity index (χ1v) is 8.14. The molecule has 26 heavy (non-hydrogen) atoms. The lowest BCUT2D eigenvalue weighted by molar-refractivity contribution is -0.153. The van der Waals surface area contributed by atoms with Crippen molar-refractivity contribution < 1.29 is 28.6 Å². The van der Waals surface area contributed by atoms with Gasteiger partial charge in [0.25, 0.3) is 5.91 Å². The molecule has 2 rings (SSSR count). The molecule has 0 radical (unpaired) electrons. The molecule has 140 valence electrons. The lowest BCUT2D eigenvalue weighted by Gasteiger charge is -2.17. The zero-order valence-corrected chi connectivity index (χ0v) is 15.3. The number of halogens is 1. The monoisotopic (exact) mass is 382 g/mol. The first-order chi connectivity index (χ1) is 12.4. The smallest absolute Gasteiger partial charge is 0.331 e. The number of imide groups is 1. The normalized spacial score (nSPS) is 14.9. The van der Waals surface area contributed by atoms with Crippen LogP contribution in [0.5, 0.6) is 11.5 Å². The molecule has 1 aromatic rings. The van der Waals surface area contributed by atoms with Crippen LogP contribution in [-0.2, 0) is 14.3 Å². The predicted molar refractivity (Wildman–Crippen MR) is 94.3 cm³/mol. The van der Waals surface area contributed by atoms with E-state index in [-0.39, 0.29) is 6.54 Å². The Labute approximate surface area is 155 Å². The van der Waals surface area contributed by atoms with Gasteiger partial charge in [-0.05, 0) is 30.7 Å². The van der Waals surface area contributed by atoms with Crippen LogP contribution in [-0.4, -0.2) is 56.2 Å². The second-order valence-electron chi connectivity index (χ2n) is 5.37. The van der Waals surface area contributed by atoms with E-state index in [0.717, 1.165) is 11.0 Å². The van der Waals surface area contributed by atoms with E-state index in [0.29, 0.717) is 28.6 Å². The minimum Gasteiger partial charge on any atom is -0.493 e. The van der Waals surface area contributed by atoms with E-state index in [1.54, 1.807) is 12.1 Å². The Morgan fingerprint density at radius 2 is 2.04 bits per heavy atom. The van der Waals surface area contributed by atoms with Crippen LogP contribution in [0.3, 0.4) is 0 Å². The van der Waals surface area contributed by atoms with E-state index in [4.69, 9.17) is 25.8 Å². The summed E-state index contributed by atoms with van der Waals surface area (Å²) in [7, 11) is 2.94.